The summed E-state index contributed by atoms with van der Waals surface area (Å²) in [5, 5.41) is 12.5. The van der Waals surface area contributed by atoms with Gasteiger partial charge in [0.25, 0.3) is 0 Å². The highest BCUT2D eigenvalue weighted by molar-refractivity contribution is 5.60. The third kappa shape index (κ3) is 2.46. The maximum absolute atomic E-state index is 8.94. The predicted octanol–water partition coefficient (Wildman–Crippen LogP) is 3.08. The van der Waals surface area contributed by atoms with E-state index in [2.05, 4.69) is 11.4 Å². The van der Waals surface area contributed by atoms with Crippen molar-refractivity contribution in [1.29, 1.82) is 5.26 Å². The molecule has 0 radical (unpaired) electrons. The van der Waals surface area contributed by atoms with Gasteiger partial charge in [0.1, 0.15) is 5.75 Å². The lowest BCUT2D eigenvalue weighted by atomic mass is 9.74. The molecule has 4 heteroatoms. The molecule has 4 nitrogen and oxygen atoms in total. The van der Waals surface area contributed by atoms with Crippen LogP contribution < -0.4 is 10.1 Å². The quantitative estimate of drug-likeness (QED) is 0.918. The number of nitriles is 1. The van der Waals surface area contributed by atoms with Crippen LogP contribution in [0.15, 0.2) is 18.2 Å². The van der Waals surface area contributed by atoms with Crippen LogP contribution in [0.5, 0.6) is 5.75 Å². The van der Waals surface area contributed by atoms with Crippen LogP contribution in [0.2, 0.25) is 0 Å². The monoisotopic (exact) mass is 272 g/mol. The van der Waals surface area contributed by atoms with Gasteiger partial charge in [-0.25, -0.2) is 0 Å². The molecule has 2 fully saturated rings. The van der Waals surface area contributed by atoms with Crippen LogP contribution in [0.25, 0.3) is 0 Å². The van der Waals surface area contributed by atoms with Gasteiger partial charge in [0.2, 0.25) is 0 Å². The molecule has 1 atom stereocenters. The lowest BCUT2D eigenvalue weighted by Gasteiger charge is -2.47. The van der Waals surface area contributed by atoms with Crippen molar-refractivity contribution < 1.29 is 9.47 Å². The minimum absolute atomic E-state index is 0.135. The summed E-state index contributed by atoms with van der Waals surface area (Å²) in [6.45, 7) is 0.830. The Labute approximate surface area is 119 Å². The Kier molecular flexibility index (Phi) is 3.54. The van der Waals surface area contributed by atoms with Crippen molar-refractivity contribution in [3.05, 3.63) is 23.8 Å². The van der Waals surface area contributed by atoms with Crippen LogP contribution in [-0.2, 0) is 4.74 Å². The number of hydrogen-bond acceptors (Lipinski definition) is 4. The van der Waals surface area contributed by atoms with Gasteiger partial charge in [-0.3, -0.25) is 0 Å². The first-order valence-electron chi connectivity index (χ1n) is 7.23. The van der Waals surface area contributed by atoms with E-state index >= 15 is 0 Å². The number of anilines is 1. The zero-order valence-electron chi connectivity index (χ0n) is 11.8. The summed E-state index contributed by atoms with van der Waals surface area (Å²) in [6, 6.07) is 8.09. The van der Waals surface area contributed by atoms with Gasteiger partial charge >= 0.3 is 0 Å². The molecule has 1 saturated carbocycles. The van der Waals surface area contributed by atoms with Gasteiger partial charge in [-0.15, -0.1) is 0 Å². The van der Waals surface area contributed by atoms with E-state index in [1.165, 1.54) is 19.3 Å². The molecule has 20 heavy (non-hydrogen) atoms. The number of rotatable bonds is 3. The largest absolute Gasteiger partial charge is 0.495 e. The molecule has 1 aliphatic carbocycles. The highest BCUT2D eigenvalue weighted by Crippen LogP contribution is 2.43. The first-order chi connectivity index (χ1) is 9.74. The maximum atomic E-state index is 8.94. The highest BCUT2D eigenvalue weighted by atomic mass is 16.5. The first kappa shape index (κ1) is 13.3. The van der Waals surface area contributed by atoms with Crippen molar-refractivity contribution in [2.45, 2.75) is 43.7 Å². The van der Waals surface area contributed by atoms with Gasteiger partial charge in [-0.1, -0.05) is 0 Å². The van der Waals surface area contributed by atoms with E-state index in [9.17, 15) is 0 Å². The van der Waals surface area contributed by atoms with E-state index < -0.39 is 0 Å². The highest BCUT2D eigenvalue weighted by Gasteiger charge is 2.42. The van der Waals surface area contributed by atoms with E-state index in [1.807, 2.05) is 12.1 Å². The van der Waals surface area contributed by atoms with Crippen molar-refractivity contribution >= 4 is 5.69 Å². The van der Waals surface area contributed by atoms with Crippen LogP contribution in [0.1, 0.15) is 37.7 Å². The zero-order valence-corrected chi connectivity index (χ0v) is 11.8. The van der Waals surface area contributed by atoms with Gasteiger partial charge in [-0.2, -0.15) is 5.26 Å². The summed E-state index contributed by atoms with van der Waals surface area (Å²) in [4.78, 5) is 0. The predicted molar refractivity (Wildman–Crippen MR) is 76.9 cm³/mol. The third-order valence-corrected chi connectivity index (χ3v) is 4.45. The molecule has 0 amide bonds. The van der Waals surface area contributed by atoms with E-state index in [0.29, 0.717) is 11.6 Å². The summed E-state index contributed by atoms with van der Waals surface area (Å²) in [7, 11) is 1.64. The van der Waals surface area contributed by atoms with Crippen LogP contribution in [-0.4, -0.2) is 25.4 Å². The molecule has 1 N–H and O–H groups in total. The van der Waals surface area contributed by atoms with Gasteiger partial charge in [0.15, 0.2) is 0 Å². The summed E-state index contributed by atoms with van der Waals surface area (Å²) in [5.74, 6) is 0.734. The van der Waals surface area contributed by atoms with Gasteiger partial charge in [0, 0.05) is 18.7 Å². The smallest absolute Gasteiger partial charge is 0.143 e. The van der Waals surface area contributed by atoms with E-state index in [1.54, 1.807) is 13.2 Å². The van der Waals surface area contributed by atoms with Crippen molar-refractivity contribution in [1.82, 2.24) is 0 Å². The van der Waals surface area contributed by atoms with Crippen molar-refractivity contribution in [2.24, 2.45) is 0 Å². The maximum Gasteiger partial charge on any atom is 0.143 e. The molecule has 0 aromatic heterocycles. The number of benzene rings is 1. The molecule has 1 spiro atoms. The minimum atomic E-state index is 0.135. The van der Waals surface area contributed by atoms with Gasteiger partial charge in [0.05, 0.1) is 30.0 Å². The van der Waals surface area contributed by atoms with Crippen molar-refractivity contribution in [3.8, 4) is 11.8 Å². The summed E-state index contributed by atoms with van der Waals surface area (Å²) in [6.07, 6.45) is 5.75. The first-order valence-corrected chi connectivity index (χ1v) is 7.23. The molecule has 1 aromatic carbocycles. The number of nitrogens with one attached hydrogen (secondary N) is 1. The molecule has 106 valence electrons. The van der Waals surface area contributed by atoms with Crippen LogP contribution in [0, 0.1) is 11.3 Å². The Morgan fingerprint density at radius 2 is 2.30 bits per heavy atom. The fourth-order valence-corrected chi connectivity index (χ4v) is 3.17. The van der Waals surface area contributed by atoms with E-state index in [-0.39, 0.29) is 5.60 Å². The molecule has 0 bridgehead atoms. The van der Waals surface area contributed by atoms with Crippen molar-refractivity contribution in [2.75, 3.05) is 19.0 Å². The number of hydrogen-bond donors (Lipinski definition) is 1. The molecule has 1 unspecified atom stereocenters. The Morgan fingerprint density at radius 1 is 1.45 bits per heavy atom. The van der Waals surface area contributed by atoms with E-state index in [0.717, 1.165) is 30.9 Å². The standard InChI is InChI=1S/C16H20N2O2/c1-19-15-9-12(11-17)3-4-14(15)18-13-5-8-20-16(10-13)6-2-7-16/h3-4,9,13,18H,2,5-8,10H2,1H3. The summed E-state index contributed by atoms with van der Waals surface area (Å²) >= 11 is 0. The second-order valence-corrected chi connectivity index (χ2v) is 5.75. The zero-order chi connectivity index (χ0) is 14.0. The Morgan fingerprint density at radius 3 is 2.95 bits per heavy atom. The molecule has 3 rings (SSSR count). The molecular formula is C16H20N2O2. The molecule has 1 aromatic rings. The normalized spacial score (nSPS) is 23.7. The van der Waals surface area contributed by atoms with Gasteiger partial charge < -0.3 is 14.8 Å². The molecule has 1 saturated heterocycles. The van der Waals surface area contributed by atoms with Crippen LogP contribution >= 0.6 is 0 Å². The minimum Gasteiger partial charge on any atom is -0.495 e. The molecule has 1 aliphatic heterocycles. The summed E-state index contributed by atoms with van der Waals surface area (Å²) < 4.78 is 11.3. The average Bonchev–Trinajstić information content (AvgIpc) is 2.46. The fraction of sp³-hybridized carbons (Fsp3) is 0.562. The fourth-order valence-electron chi connectivity index (χ4n) is 3.17. The Balaban J connectivity index is 1.72. The SMILES string of the molecule is COc1cc(C#N)ccc1NC1CCOC2(CCC2)C1. The van der Waals surface area contributed by atoms with E-state index in [4.69, 9.17) is 14.7 Å². The number of methoxy groups -OCH3 is 1. The second kappa shape index (κ2) is 5.34. The van der Waals surface area contributed by atoms with Crippen LogP contribution in [0.3, 0.4) is 0 Å². The number of ether oxygens (including phenoxy) is 2. The molecule has 2 aliphatic rings. The Hall–Kier alpha value is -1.73. The van der Waals surface area contributed by atoms with Gasteiger partial charge in [-0.05, 0) is 44.2 Å². The average molecular weight is 272 g/mol. The third-order valence-electron chi connectivity index (χ3n) is 4.45. The van der Waals surface area contributed by atoms with Crippen LogP contribution in [0.4, 0.5) is 5.69 Å². The summed E-state index contributed by atoms with van der Waals surface area (Å²) in [5.41, 5.74) is 1.72. The molecule has 1 heterocycles. The second-order valence-electron chi connectivity index (χ2n) is 5.75. The topological polar surface area (TPSA) is 54.3 Å². The van der Waals surface area contributed by atoms with Crippen molar-refractivity contribution in [3.63, 3.8) is 0 Å². The lowest BCUT2D eigenvalue weighted by molar-refractivity contribution is -0.130. The lowest BCUT2D eigenvalue weighted by Crippen LogP contribution is -2.49. The number of nitrogens with zero attached hydrogens (tertiary/aromatic N) is 1. The Bertz CT molecular complexity index is 532. The molecular weight excluding hydrogens is 252 g/mol.